The molecule has 0 aromatic carbocycles. The first kappa shape index (κ1) is 23.5. The van der Waals surface area contributed by atoms with Gasteiger partial charge < -0.3 is 18.1 Å². The first-order valence-corrected chi connectivity index (χ1v) is 11.9. The average molecular weight is 407 g/mol. The molecule has 0 aliphatic rings. The molecule has 0 aliphatic heterocycles. The molecule has 1 rings (SSSR count). The zero-order chi connectivity index (χ0) is 20.1. The van der Waals surface area contributed by atoms with Crippen molar-refractivity contribution in [3.63, 3.8) is 0 Å². The van der Waals surface area contributed by atoms with E-state index in [1.54, 1.807) is 55.4 Å². The smallest absolute Gasteiger partial charge is 0.302 e. The Morgan fingerprint density at radius 1 is 0.731 bits per heavy atom. The standard InChI is InChI=1S/C17H31NO6P2/c1-12(2)21-25(19,22-13(3)4)16-9-10-18-17(11-16)26(20,23-14(5)6)24-15(7)8/h9-15H,1-8H3. The van der Waals surface area contributed by atoms with Gasteiger partial charge in [-0.2, -0.15) is 0 Å². The van der Waals surface area contributed by atoms with Crippen LogP contribution in [0.2, 0.25) is 0 Å². The summed E-state index contributed by atoms with van der Waals surface area (Å²) >= 11 is 0. The second-order valence-electron chi connectivity index (χ2n) is 6.98. The van der Waals surface area contributed by atoms with Crippen molar-refractivity contribution in [1.82, 2.24) is 4.98 Å². The summed E-state index contributed by atoms with van der Waals surface area (Å²) in [6.45, 7) is 14.1. The molecule has 0 radical (unpaired) electrons. The Hall–Kier alpha value is -0.550. The van der Waals surface area contributed by atoms with Gasteiger partial charge in [0.05, 0.1) is 29.7 Å². The molecule has 0 bridgehead atoms. The third kappa shape index (κ3) is 6.88. The summed E-state index contributed by atoms with van der Waals surface area (Å²) in [5.41, 5.74) is 0.0809. The molecular weight excluding hydrogens is 376 g/mol. The second-order valence-corrected chi connectivity index (χ2v) is 10.8. The number of hydrogen-bond acceptors (Lipinski definition) is 7. The molecule has 0 atom stereocenters. The largest absolute Gasteiger partial charge is 0.380 e. The highest BCUT2D eigenvalue weighted by Gasteiger charge is 2.36. The normalized spacial score (nSPS) is 13.4. The van der Waals surface area contributed by atoms with E-state index in [4.69, 9.17) is 18.1 Å². The lowest BCUT2D eigenvalue weighted by Gasteiger charge is -2.25. The minimum atomic E-state index is -3.69. The molecule has 0 fully saturated rings. The lowest BCUT2D eigenvalue weighted by molar-refractivity contribution is 0.149. The molecule has 7 nitrogen and oxygen atoms in total. The van der Waals surface area contributed by atoms with Crippen LogP contribution in [0.3, 0.4) is 0 Å². The highest BCUT2D eigenvalue weighted by molar-refractivity contribution is 7.63. The van der Waals surface area contributed by atoms with Crippen molar-refractivity contribution in [2.24, 2.45) is 0 Å². The molecule has 0 N–H and O–H groups in total. The van der Waals surface area contributed by atoms with E-state index in [-0.39, 0.29) is 35.2 Å². The third-order valence-corrected chi connectivity index (χ3v) is 7.24. The number of rotatable bonds is 10. The summed E-state index contributed by atoms with van der Waals surface area (Å²) in [7, 11) is -7.31. The van der Waals surface area contributed by atoms with Crippen molar-refractivity contribution < 1.29 is 27.2 Å². The van der Waals surface area contributed by atoms with E-state index in [1.807, 2.05) is 0 Å². The van der Waals surface area contributed by atoms with Crippen molar-refractivity contribution >= 4 is 25.9 Å². The van der Waals surface area contributed by atoms with Crippen molar-refractivity contribution in [3.8, 4) is 0 Å². The number of aromatic nitrogens is 1. The van der Waals surface area contributed by atoms with Crippen LogP contribution >= 0.6 is 15.2 Å². The maximum absolute atomic E-state index is 13.3. The third-order valence-electron chi connectivity index (χ3n) is 2.72. The average Bonchev–Trinajstić information content (AvgIpc) is 2.43. The molecule has 0 amide bonds. The van der Waals surface area contributed by atoms with Gasteiger partial charge in [0, 0.05) is 6.20 Å². The van der Waals surface area contributed by atoms with Gasteiger partial charge in [0.2, 0.25) is 0 Å². The zero-order valence-electron chi connectivity index (χ0n) is 16.8. The minimum Gasteiger partial charge on any atom is -0.302 e. The summed E-state index contributed by atoms with van der Waals surface area (Å²) in [6, 6.07) is 2.96. The number of nitrogens with zero attached hydrogens (tertiary/aromatic N) is 1. The zero-order valence-corrected chi connectivity index (χ0v) is 18.6. The summed E-state index contributed by atoms with van der Waals surface area (Å²) in [5, 5.41) is 0.268. The molecule has 1 aromatic heterocycles. The Labute approximate surface area is 156 Å². The van der Waals surface area contributed by atoms with Crippen molar-refractivity contribution in [2.45, 2.75) is 79.8 Å². The van der Waals surface area contributed by atoms with Crippen LogP contribution in [0.25, 0.3) is 0 Å². The molecule has 1 aromatic rings. The Bertz CT molecular complexity index is 594. The minimum absolute atomic E-state index is 0.0809. The van der Waals surface area contributed by atoms with Gasteiger partial charge in [-0.05, 0) is 67.5 Å². The Morgan fingerprint density at radius 2 is 1.12 bits per heavy atom. The molecule has 0 spiro atoms. The Balaban J connectivity index is 3.40. The van der Waals surface area contributed by atoms with Crippen molar-refractivity contribution in [1.29, 1.82) is 0 Å². The lowest BCUT2D eigenvalue weighted by atomic mass is 10.5. The van der Waals surface area contributed by atoms with Crippen LogP contribution in [-0.4, -0.2) is 29.4 Å². The molecule has 0 saturated heterocycles. The summed E-state index contributed by atoms with van der Waals surface area (Å²) in [5.74, 6) is 0. The van der Waals surface area contributed by atoms with E-state index in [0.29, 0.717) is 0 Å². The van der Waals surface area contributed by atoms with Crippen molar-refractivity contribution in [3.05, 3.63) is 18.3 Å². The first-order chi connectivity index (χ1) is 11.9. The Kier molecular flexibility index (Phi) is 8.66. The SMILES string of the molecule is CC(C)OP(=O)(OC(C)C)c1ccnc(P(=O)(OC(C)C)OC(C)C)c1. The van der Waals surface area contributed by atoms with Gasteiger partial charge in [-0.15, -0.1) is 0 Å². The van der Waals surface area contributed by atoms with Crippen LogP contribution in [-0.2, 0) is 27.2 Å². The molecule has 150 valence electrons. The van der Waals surface area contributed by atoms with Crippen LogP contribution in [0.1, 0.15) is 55.4 Å². The van der Waals surface area contributed by atoms with Gasteiger partial charge in [-0.25, -0.2) is 4.98 Å². The Morgan fingerprint density at radius 3 is 1.50 bits per heavy atom. The van der Waals surface area contributed by atoms with E-state index in [1.165, 1.54) is 18.3 Å². The molecule has 1 heterocycles. The second kappa shape index (κ2) is 9.59. The molecule has 26 heavy (non-hydrogen) atoms. The van der Waals surface area contributed by atoms with Gasteiger partial charge in [-0.1, -0.05) is 0 Å². The number of hydrogen-bond donors (Lipinski definition) is 0. The molecule has 0 unspecified atom stereocenters. The molecule has 9 heteroatoms. The molecule has 0 aliphatic carbocycles. The summed E-state index contributed by atoms with van der Waals surface area (Å²) in [6.07, 6.45) is 0.0973. The van der Waals surface area contributed by atoms with E-state index < -0.39 is 15.2 Å². The van der Waals surface area contributed by atoms with Gasteiger partial charge >= 0.3 is 15.2 Å². The lowest BCUT2D eigenvalue weighted by Crippen LogP contribution is -2.24. The molecule has 0 saturated carbocycles. The fourth-order valence-corrected chi connectivity index (χ4v) is 6.03. The van der Waals surface area contributed by atoms with Gasteiger partial charge in [0.1, 0.15) is 0 Å². The fraction of sp³-hybridized carbons (Fsp3) is 0.706. The highest BCUT2D eigenvalue weighted by atomic mass is 31.2. The van der Waals surface area contributed by atoms with E-state index >= 15 is 0 Å². The van der Waals surface area contributed by atoms with Gasteiger partial charge in [0.25, 0.3) is 0 Å². The number of pyridine rings is 1. The summed E-state index contributed by atoms with van der Waals surface area (Å²) in [4.78, 5) is 4.14. The van der Waals surface area contributed by atoms with Crippen LogP contribution in [0.5, 0.6) is 0 Å². The van der Waals surface area contributed by atoms with Crippen LogP contribution in [0.15, 0.2) is 18.3 Å². The first-order valence-electron chi connectivity index (χ1n) is 8.79. The fourth-order valence-electron chi connectivity index (χ4n) is 2.12. The monoisotopic (exact) mass is 407 g/mol. The maximum Gasteiger partial charge on any atom is 0.380 e. The van der Waals surface area contributed by atoms with Crippen molar-refractivity contribution in [2.75, 3.05) is 0 Å². The maximum atomic E-state index is 13.3. The quantitative estimate of drug-likeness (QED) is 0.531. The van der Waals surface area contributed by atoms with Crippen LogP contribution in [0, 0.1) is 0 Å². The van der Waals surface area contributed by atoms with Crippen LogP contribution in [0.4, 0.5) is 0 Å². The predicted molar refractivity (Wildman–Crippen MR) is 104 cm³/mol. The topological polar surface area (TPSA) is 84.0 Å². The van der Waals surface area contributed by atoms with E-state index in [0.717, 1.165) is 0 Å². The predicted octanol–water partition coefficient (Wildman–Crippen LogP) is 4.42. The molecular formula is C17H31NO6P2. The van der Waals surface area contributed by atoms with Gasteiger partial charge in [-0.3, -0.25) is 9.13 Å². The van der Waals surface area contributed by atoms with E-state index in [9.17, 15) is 9.13 Å². The summed E-state index contributed by atoms with van der Waals surface area (Å²) < 4.78 is 48.9. The van der Waals surface area contributed by atoms with Crippen LogP contribution < -0.4 is 10.7 Å². The van der Waals surface area contributed by atoms with Gasteiger partial charge in [0.15, 0.2) is 5.44 Å². The van der Waals surface area contributed by atoms with E-state index in [2.05, 4.69) is 4.98 Å². The highest BCUT2D eigenvalue weighted by Crippen LogP contribution is 2.52.